The van der Waals surface area contributed by atoms with Gasteiger partial charge in [0.05, 0.1) is 5.39 Å². The van der Waals surface area contributed by atoms with E-state index < -0.39 is 0 Å². The van der Waals surface area contributed by atoms with Crippen LogP contribution < -0.4 is 4.90 Å². The van der Waals surface area contributed by atoms with Crippen LogP contribution in [0, 0.1) is 20.8 Å². The van der Waals surface area contributed by atoms with Crippen molar-refractivity contribution in [3.8, 4) is 11.1 Å². The van der Waals surface area contributed by atoms with Gasteiger partial charge in [0.2, 0.25) is 5.28 Å². The number of rotatable bonds is 6. The van der Waals surface area contributed by atoms with Crippen LogP contribution in [-0.2, 0) is 0 Å². The van der Waals surface area contributed by atoms with E-state index in [4.69, 9.17) is 11.6 Å². The normalized spacial score (nSPS) is 11.3. The number of thiophene rings is 1. The smallest absolute Gasteiger partial charge is 0.225 e. The summed E-state index contributed by atoms with van der Waals surface area (Å²) in [7, 11) is 0. The molecule has 138 valence electrons. The number of aromatic nitrogens is 2. The fourth-order valence-corrected chi connectivity index (χ4v) is 4.66. The van der Waals surface area contributed by atoms with Gasteiger partial charge in [-0.15, -0.1) is 11.3 Å². The van der Waals surface area contributed by atoms with Crippen LogP contribution in [0.1, 0.15) is 42.7 Å². The van der Waals surface area contributed by atoms with E-state index in [1.165, 1.54) is 27.1 Å². The molecule has 0 amide bonds. The first-order valence-electron chi connectivity index (χ1n) is 9.25. The summed E-state index contributed by atoms with van der Waals surface area (Å²) >= 11 is 7.98. The zero-order chi connectivity index (χ0) is 18.8. The van der Waals surface area contributed by atoms with Crippen LogP contribution in [0.5, 0.6) is 0 Å². The van der Waals surface area contributed by atoms with E-state index in [1.54, 1.807) is 11.3 Å². The number of fused-ring (bicyclic) bond motifs is 1. The highest BCUT2D eigenvalue weighted by atomic mass is 35.5. The SMILES string of the molecule is CCCN(CCC)c1nc(Cl)nc2sc(C)c(-c3ccc(C)c(C)c3)c12. The lowest BCUT2D eigenvalue weighted by molar-refractivity contribution is 0.736. The van der Waals surface area contributed by atoms with Gasteiger partial charge in [0.25, 0.3) is 0 Å². The highest BCUT2D eigenvalue weighted by Gasteiger charge is 2.21. The summed E-state index contributed by atoms with van der Waals surface area (Å²) in [6.07, 6.45) is 2.15. The van der Waals surface area contributed by atoms with Crippen molar-refractivity contribution in [2.45, 2.75) is 47.5 Å². The van der Waals surface area contributed by atoms with Gasteiger partial charge in [-0.3, -0.25) is 0 Å². The van der Waals surface area contributed by atoms with Crippen LogP contribution in [0.25, 0.3) is 21.3 Å². The minimum atomic E-state index is 0.331. The van der Waals surface area contributed by atoms with Crippen LogP contribution in [0.4, 0.5) is 5.82 Å². The lowest BCUT2D eigenvalue weighted by Crippen LogP contribution is -2.26. The van der Waals surface area contributed by atoms with Crippen molar-refractivity contribution in [2.24, 2.45) is 0 Å². The van der Waals surface area contributed by atoms with Crippen molar-refractivity contribution in [1.82, 2.24) is 9.97 Å². The fourth-order valence-electron chi connectivity index (χ4n) is 3.41. The standard InChI is InChI=1S/C21H26ClN3S/c1-6-10-25(11-7-2)19-18-17(16-9-8-13(3)14(4)12-16)15(5)26-20(18)24-21(22)23-19/h8-9,12H,6-7,10-11H2,1-5H3. The third-order valence-corrected chi connectivity index (χ3v) is 5.93. The van der Waals surface area contributed by atoms with Gasteiger partial charge in [0.1, 0.15) is 10.6 Å². The van der Waals surface area contributed by atoms with E-state index in [0.717, 1.165) is 42.0 Å². The maximum Gasteiger partial charge on any atom is 0.225 e. The lowest BCUT2D eigenvalue weighted by Gasteiger charge is -2.24. The van der Waals surface area contributed by atoms with Crippen molar-refractivity contribution in [3.05, 3.63) is 39.5 Å². The van der Waals surface area contributed by atoms with Gasteiger partial charge < -0.3 is 4.90 Å². The molecule has 2 aromatic heterocycles. The van der Waals surface area contributed by atoms with Crippen LogP contribution >= 0.6 is 22.9 Å². The van der Waals surface area contributed by atoms with Crippen LogP contribution in [0.3, 0.4) is 0 Å². The van der Waals surface area contributed by atoms with E-state index >= 15 is 0 Å². The van der Waals surface area contributed by atoms with Crippen molar-refractivity contribution >= 4 is 39.0 Å². The molecule has 3 aromatic rings. The Labute approximate surface area is 165 Å². The molecule has 0 aliphatic rings. The van der Waals surface area contributed by atoms with Crippen molar-refractivity contribution in [1.29, 1.82) is 0 Å². The topological polar surface area (TPSA) is 29.0 Å². The highest BCUT2D eigenvalue weighted by molar-refractivity contribution is 7.19. The van der Waals surface area contributed by atoms with Gasteiger partial charge in [0, 0.05) is 23.5 Å². The number of hydrogen-bond acceptors (Lipinski definition) is 4. The Morgan fingerprint density at radius 2 is 1.69 bits per heavy atom. The molecule has 3 rings (SSSR count). The summed E-state index contributed by atoms with van der Waals surface area (Å²) < 4.78 is 0. The molecular weight excluding hydrogens is 362 g/mol. The summed E-state index contributed by atoms with van der Waals surface area (Å²) in [5.74, 6) is 0.973. The first-order chi connectivity index (χ1) is 12.5. The Morgan fingerprint density at radius 1 is 1.00 bits per heavy atom. The maximum atomic E-state index is 6.28. The number of hydrogen-bond donors (Lipinski definition) is 0. The van der Waals surface area contributed by atoms with Gasteiger partial charge in [0.15, 0.2) is 0 Å². The largest absolute Gasteiger partial charge is 0.356 e. The second-order valence-corrected chi connectivity index (χ2v) is 8.36. The van der Waals surface area contributed by atoms with Crippen molar-refractivity contribution < 1.29 is 0 Å². The quantitative estimate of drug-likeness (QED) is 0.448. The molecule has 0 aliphatic carbocycles. The lowest BCUT2D eigenvalue weighted by atomic mass is 9.99. The van der Waals surface area contributed by atoms with Gasteiger partial charge in [-0.05, 0) is 61.9 Å². The fraction of sp³-hybridized carbons (Fsp3) is 0.429. The molecule has 0 saturated carbocycles. The first kappa shape index (κ1) is 19.1. The summed E-state index contributed by atoms with van der Waals surface area (Å²) in [6, 6.07) is 6.67. The molecule has 0 aliphatic heterocycles. The minimum Gasteiger partial charge on any atom is -0.356 e. The summed E-state index contributed by atoms with van der Waals surface area (Å²) in [5.41, 5.74) is 5.09. The molecule has 0 unspecified atom stereocenters. The zero-order valence-electron chi connectivity index (χ0n) is 16.2. The molecule has 0 bridgehead atoms. The van der Waals surface area contributed by atoms with E-state index in [0.29, 0.717) is 5.28 Å². The average Bonchev–Trinajstić information content (AvgIpc) is 2.92. The first-order valence-corrected chi connectivity index (χ1v) is 10.4. The van der Waals surface area contributed by atoms with Crippen molar-refractivity contribution in [3.63, 3.8) is 0 Å². The Kier molecular flexibility index (Phi) is 5.83. The molecule has 26 heavy (non-hydrogen) atoms. The van der Waals surface area contributed by atoms with E-state index in [2.05, 4.69) is 67.7 Å². The van der Waals surface area contributed by atoms with E-state index in [1.807, 2.05) is 0 Å². The number of nitrogens with zero attached hydrogens (tertiary/aromatic N) is 3. The Morgan fingerprint density at radius 3 is 2.31 bits per heavy atom. The Balaban J connectivity index is 2.29. The predicted octanol–water partition coefficient (Wildman–Crippen LogP) is 6.56. The average molecular weight is 388 g/mol. The van der Waals surface area contributed by atoms with Crippen LogP contribution in [-0.4, -0.2) is 23.1 Å². The van der Waals surface area contributed by atoms with Crippen molar-refractivity contribution in [2.75, 3.05) is 18.0 Å². The third kappa shape index (κ3) is 3.58. The second kappa shape index (κ2) is 7.93. The zero-order valence-corrected chi connectivity index (χ0v) is 17.8. The van der Waals surface area contributed by atoms with Gasteiger partial charge in [-0.1, -0.05) is 32.0 Å². The molecule has 2 heterocycles. The predicted molar refractivity (Wildman–Crippen MR) is 115 cm³/mol. The summed E-state index contributed by atoms with van der Waals surface area (Å²) in [5, 5.41) is 1.47. The van der Waals surface area contributed by atoms with Gasteiger partial charge in [-0.2, -0.15) is 4.98 Å². The minimum absolute atomic E-state index is 0.331. The number of benzene rings is 1. The summed E-state index contributed by atoms with van der Waals surface area (Å²) in [4.78, 5) is 13.8. The number of halogens is 1. The monoisotopic (exact) mass is 387 g/mol. The maximum absolute atomic E-state index is 6.28. The molecule has 0 N–H and O–H groups in total. The van der Waals surface area contributed by atoms with E-state index in [-0.39, 0.29) is 0 Å². The van der Waals surface area contributed by atoms with Crippen LogP contribution in [0.2, 0.25) is 5.28 Å². The second-order valence-electron chi connectivity index (χ2n) is 6.82. The van der Waals surface area contributed by atoms with Crippen LogP contribution in [0.15, 0.2) is 18.2 Å². The molecule has 0 fully saturated rings. The Hall–Kier alpha value is -1.65. The summed E-state index contributed by atoms with van der Waals surface area (Å²) in [6.45, 7) is 12.8. The molecule has 0 spiro atoms. The van der Waals surface area contributed by atoms with Gasteiger partial charge in [-0.25, -0.2) is 4.98 Å². The molecule has 1 aromatic carbocycles. The number of anilines is 1. The molecule has 3 nitrogen and oxygen atoms in total. The molecule has 0 radical (unpaired) electrons. The number of aryl methyl sites for hydroxylation is 3. The molecule has 0 atom stereocenters. The molecule has 5 heteroatoms. The third-order valence-electron chi connectivity index (χ3n) is 4.76. The Bertz CT molecular complexity index is 927. The van der Waals surface area contributed by atoms with E-state index in [9.17, 15) is 0 Å². The van der Waals surface area contributed by atoms with Gasteiger partial charge >= 0.3 is 0 Å². The molecule has 0 saturated heterocycles. The highest BCUT2D eigenvalue weighted by Crippen LogP contribution is 2.42. The molecular formula is C21H26ClN3S.